The Balaban J connectivity index is 1.78. The predicted molar refractivity (Wildman–Crippen MR) is 100 cm³/mol. The fourth-order valence-corrected chi connectivity index (χ4v) is 4.46. The Kier molecular flexibility index (Phi) is 5.21. The van der Waals surface area contributed by atoms with Crippen LogP contribution in [0, 0.1) is 0 Å². The molecule has 0 N–H and O–H groups in total. The second-order valence-corrected chi connectivity index (χ2v) is 8.85. The molecule has 25 heavy (non-hydrogen) atoms. The first-order chi connectivity index (χ1) is 11.8. The van der Waals surface area contributed by atoms with Gasteiger partial charge in [-0.05, 0) is 39.2 Å². The molecule has 3 atom stereocenters. The average Bonchev–Trinajstić information content (AvgIpc) is 2.57. The third-order valence-electron chi connectivity index (χ3n) is 5.79. The minimum absolute atomic E-state index is 0.0521. The lowest BCUT2D eigenvalue weighted by Gasteiger charge is -2.52. The first kappa shape index (κ1) is 18.4. The van der Waals surface area contributed by atoms with Crippen LogP contribution in [0.1, 0.15) is 52.0 Å². The SMILES string of the molecule is CC(C)(C)OC(=O)[N+]1(C)CCN(Cc2ccccc2)C2CCCCC21. The molecule has 1 saturated heterocycles. The van der Waals surface area contributed by atoms with Crippen molar-refractivity contribution in [3.8, 4) is 0 Å². The second kappa shape index (κ2) is 7.08. The summed E-state index contributed by atoms with van der Waals surface area (Å²) in [5.41, 5.74) is 0.934. The van der Waals surface area contributed by atoms with E-state index < -0.39 is 5.60 Å². The fraction of sp³-hybridized carbons (Fsp3) is 0.667. The molecular weight excluding hydrogens is 312 g/mol. The molecule has 1 aromatic rings. The monoisotopic (exact) mass is 345 g/mol. The van der Waals surface area contributed by atoms with Gasteiger partial charge in [0.1, 0.15) is 18.2 Å². The van der Waals surface area contributed by atoms with Gasteiger partial charge in [0.2, 0.25) is 0 Å². The summed E-state index contributed by atoms with van der Waals surface area (Å²) in [4.78, 5) is 15.6. The number of quaternary nitrogens is 1. The second-order valence-electron chi connectivity index (χ2n) is 8.85. The molecule has 2 fully saturated rings. The molecule has 0 aromatic heterocycles. The molecule has 4 nitrogen and oxygen atoms in total. The maximum Gasteiger partial charge on any atom is 0.516 e. The number of amides is 1. The van der Waals surface area contributed by atoms with Gasteiger partial charge >= 0.3 is 6.09 Å². The van der Waals surface area contributed by atoms with E-state index in [4.69, 9.17) is 4.74 Å². The van der Waals surface area contributed by atoms with Crippen molar-refractivity contribution in [3.05, 3.63) is 35.9 Å². The molecule has 1 aromatic carbocycles. The van der Waals surface area contributed by atoms with Gasteiger partial charge in [-0.1, -0.05) is 36.8 Å². The van der Waals surface area contributed by atoms with Gasteiger partial charge in [-0.2, -0.15) is 4.79 Å². The Bertz CT molecular complexity index is 596. The van der Waals surface area contributed by atoms with Crippen LogP contribution in [0.2, 0.25) is 0 Å². The van der Waals surface area contributed by atoms with Crippen molar-refractivity contribution in [3.63, 3.8) is 0 Å². The third kappa shape index (κ3) is 4.06. The van der Waals surface area contributed by atoms with E-state index in [9.17, 15) is 4.79 Å². The molecule has 3 rings (SSSR count). The number of fused-ring (bicyclic) bond motifs is 1. The Hall–Kier alpha value is -1.39. The van der Waals surface area contributed by atoms with E-state index in [1.165, 1.54) is 24.8 Å². The number of benzene rings is 1. The summed E-state index contributed by atoms with van der Waals surface area (Å²) in [7, 11) is 2.09. The summed E-state index contributed by atoms with van der Waals surface area (Å²) in [6.45, 7) is 8.65. The molecule has 2 aliphatic rings. The molecule has 4 heteroatoms. The molecular formula is C21H33N2O2+. The lowest BCUT2D eigenvalue weighted by molar-refractivity contribution is -0.875. The number of likely N-dealkylation sites (N-methyl/N-ethyl adjacent to an activating group) is 1. The third-order valence-corrected chi connectivity index (χ3v) is 5.79. The van der Waals surface area contributed by atoms with Gasteiger partial charge in [-0.15, -0.1) is 0 Å². The van der Waals surface area contributed by atoms with Gasteiger partial charge in [0, 0.05) is 19.5 Å². The molecule has 1 aliphatic heterocycles. The van der Waals surface area contributed by atoms with Crippen LogP contribution in [-0.4, -0.2) is 53.3 Å². The zero-order valence-electron chi connectivity index (χ0n) is 16.2. The standard InChI is InChI=1S/C21H33N2O2/c1-21(2,3)25-20(24)23(4)15-14-22(16-17-10-6-5-7-11-17)18-12-8-9-13-19(18)23/h5-7,10-11,18-19H,8-9,12-16H2,1-4H3/q+1. The number of ether oxygens (including phenoxy) is 1. The molecule has 0 radical (unpaired) electrons. The zero-order valence-corrected chi connectivity index (χ0v) is 16.2. The molecule has 1 aliphatic carbocycles. The van der Waals surface area contributed by atoms with Crippen molar-refractivity contribution in [2.45, 2.75) is 70.7 Å². The van der Waals surface area contributed by atoms with Gasteiger partial charge in [-0.3, -0.25) is 4.90 Å². The van der Waals surface area contributed by atoms with Crippen molar-refractivity contribution in [2.75, 3.05) is 20.1 Å². The molecule has 0 spiro atoms. The van der Waals surface area contributed by atoms with Crippen LogP contribution in [0.3, 0.4) is 0 Å². The van der Waals surface area contributed by atoms with Crippen LogP contribution in [0.15, 0.2) is 30.3 Å². The van der Waals surface area contributed by atoms with Gasteiger partial charge in [0.15, 0.2) is 0 Å². The minimum Gasteiger partial charge on any atom is -0.414 e. The minimum atomic E-state index is -0.427. The van der Waals surface area contributed by atoms with E-state index in [1.54, 1.807) is 0 Å². The summed E-state index contributed by atoms with van der Waals surface area (Å²) in [6.07, 6.45) is 4.74. The van der Waals surface area contributed by atoms with Crippen LogP contribution in [0.5, 0.6) is 0 Å². The molecule has 1 saturated carbocycles. The predicted octanol–water partition coefficient (Wildman–Crippen LogP) is 4.20. The Morgan fingerprint density at radius 1 is 1.20 bits per heavy atom. The molecule has 1 amide bonds. The van der Waals surface area contributed by atoms with E-state index in [2.05, 4.69) is 42.3 Å². The summed E-state index contributed by atoms with van der Waals surface area (Å²) in [6, 6.07) is 11.5. The topological polar surface area (TPSA) is 29.5 Å². The van der Waals surface area contributed by atoms with E-state index in [0.717, 1.165) is 26.1 Å². The largest absolute Gasteiger partial charge is 0.516 e. The molecule has 138 valence electrons. The lowest BCUT2D eigenvalue weighted by atomic mass is 9.84. The normalized spacial score (nSPS) is 30.6. The first-order valence-corrected chi connectivity index (χ1v) is 9.66. The van der Waals surface area contributed by atoms with E-state index in [-0.39, 0.29) is 6.09 Å². The van der Waals surface area contributed by atoms with Crippen molar-refractivity contribution < 1.29 is 14.0 Å². The number of rotatable bonds is 2. The fourth-order valence-electron chi connectivity index (χ4n) is 4.46. The number of hydrogen-bond acceptors (Lipinski definition) is 3. The van der Waals surface area contributed by atoms with Gasteiger partial charge in [0.25, 0.3) is 0 Å². The lowest BCUT2D eigenvalue weighted by Crippen LogP contribution is -2.71. The molecule has 0 bridgehead atoms. The zero-order chi connectivity index (χ0) is 18.1. The maximum atomic E-state index is 13.0. The number of hydrogen-bond donors (Lipinski definition) is 0. The Labute approximate surface area is 152 Å². The Morgan fingerprint density at radius 2 is 1.88 bits per heavy atom. The van der Waals surface area contributed by atoms with Crippen LogP contribution in [0.25, 0.3) is 0 Å². The number of piperazine rings is 1. The van der Waals surface area contributed by atoms with E-state index in [0.29, 0.717) is 16.6 Å². The van der Waals surface area contributed by atoms with Crippen molar-refractivity contribution in [2.24, 2.45) is 0 Å². The number of carbonyl (C=O) groups is 1. The van der Waals surface area contributed by atoms with Crippen molar-refractivity contribution in [1.82, 2.24) is 4.90 Å². The highest BCUT2D eigenvalue weighted by molar-refractivity contribution is 5.60. The van der Waals surface area contributed by atoms with E-state index in [1.807, 2.05) is 20.8 Å². The quantitative estimate of drug-likeness (QED) is 0.753. The van der Waals surface area contributed by atoms with E-state index >= 15 is 0 Å². The summed E-state index contributed by atoms with van der Waals surface area (Å²) >= 11 is 0. The summed E-state index contributed by atoms with van der Waals surface area (Å²) in [5.74, 6) is 0. The Morgan fingerprint density at radius 3 is 2.56 bits per heavy atom. The molecule has 3 unspecified atom stereocenters. The summed E-state index contributed by atoms with van der Waals surface area (Å²) < 4.78 is 6.24. The van der Waals surface area contributed by atoms with Crippen molar-refractivity contribution >= 4 is 6.09 Å². The number of nitrogens with zero attached hydrogens (tertiary/aromatic N) is 2. The molecule has 1 heterocycles. The van der Waals surface area contributed by atoms with Gasteiger partial charge < -0.3 is 4.74 Å². The summed E-state index contributed by atoms with van der Waals surface area (Å²) in [5, 5.41) is 0. The van der Waals surface area contributed by atoms with Crippen LogP contribution in [-0.2, 0) is 11.3 Å². The van der Waals surface area contributed by atoms with Crippen LogP contribution in [0.4, 0.5) is 4.79 Å². The van der Waals surface area contributed by atoms with Gasteiger partial charge in [-0.25, -0.2) is 4.48 Å². The van der Waals surface area contributed by atoms with Crippen LogP contribution < -0.4 is 0 Å². The highest BCUT2D eigenvalue weighted by Gasteiger charge is 2.52. The first-order valence-electron chi connectivity index (χ1n) is 9.66. The maximum absolute atomic E-state index is 13.0. The average molecular weight is 346 g/mol. The van der Waals surface area contributed by atoms with Gasteiger partial charge in [0.05, 0.1) is 13.1 Å². The highest BCUT2D eigenvalue weighted by atomic mass is 16.6. The van der Waals surface area contributed by atoms with Crippen LogP contribution >= 0.6 is 0 Å². The highest BCUT2D eigenvalue weighted by Crippen LogP contribution is 2.36. The smallest absolute Gasteiger partial charge is 0.414 e. The van der Waals surface area contributed by atoms with Crippen molar-refractivity contribution in [1.29, 1.82) is 0 Å². The number of carbonyl (C=O) groups excluding carboxylic acids is 1.